The molecule has 1 amide bonds. The third-order valence-electron chi connectivity index (χ3n) is 2.96. The molecule has 4 heteroatoms. The van der Waals surface area contributed by atoms with Crippen LogP contribution in [-0.4, -0.2) is 38.8 Å². The molecule has 0 aromatic carbocycles. The lowest BCUT2D eigenvalue weighted by molar-refractivity contribution is -0.129. The van der Waals surface area contributed by atoms with E-state index in [9.17, 15) is 4.79 Å². The average Bonchev–Trinajstić information content (AvgIpc) is 2.16. The van der Waals surface area contributed by atoms with Gasteiger partial charge in [-0.15, -0.1) is 0 Å². The van der Waals surface area contributed by atoms with Gasteiger partial charge in [-0.05, 0) is 12.8 Å². The second-order valence-corrected chi connectivity index (χ2v) is 4.18. The highest BCUT2D eigenvalue weighted by atomic mass is 16.5. The Kier molecular flexibility index (Phi) is 3.37. The summed E-state index contributed by atoms with van der Waals surface area (Å²) in [5.74, 6) is 0.914. The van der Waals surface area contributed by atoms with Gasteiger partial charge >= 0.3 is 0 Å². The number of hydrogen-bond acceptors (Lipinski definition) is 3. The van der Waals surface area contributed by atoms with Gasteiger partial charge in [0, 0.05) is 32.2 Å². The highest BCUT2D eigenvalue weighted by Gasteiger charge is 2.23. The topological polar surface area (TPSA) is 50.4 Å². The van der Waals surface area contributed by atoms with Crippen LogP contribution in [0.2, 0.25) is 0 Å². The van der Waals surface area contributed by atoms with E-state index >= 15 is 0 Å². The number of carbonyl (C=O) groups is 1. The molecule has 0 aromatic rings. The standard InChI is InChI=1S/C10H18N2O2/c13-10(9-2-1-3-14-7-9)12-6-8-4-11-5-8/h8-9,11H,1-7H2,(H,12,13). The van der Waals surface area contributed by atoms with E-state index in [2.05, 4.69) is 10.6 Å². The molecule has 2 heterocycles. The summed E-state index contributed by atoms with van der Waals surface area (Å²) in [7, 11) is 0. The molecule has 0 spiro atoms. The van der Waals surface area contributed by atoms with Crippen molar-refractivity contribution in [1.82, 2.24) is 10.6 Å². The Morgan fingerprint density at radius 2 is 2.36 bits per heavy atom. The van der Waals surface area contributed by atoms with E-state index in [4.69, 9.17) is 4.74 Å². The number of amides is 1. The minimum Gasteiger partial charge on any atom is -0.381 e. The average molecular weight is 198 g/mol. The zero-order valence-corrected chi connectivity index (χ0v) is 8.42. The van der Waals surface area contributed by atoms with Crippen molar-refractivity contribution in [1.29, 1.82) is 0 Å². The minimum absolute atomic E-state index is 0.0942. The van der Waals surface area contributed by atoms with Crippen molar-refractivity contribution in [3.05, 3.63) is 0 Å². The molecule has 2 saturated heterocycles. The van der Waals surface area contributed by atoms with Gasteiger partial charge in [0.1, 0.15) is 0 Å². The Balaban J connectivity index is 1.65. The lowest BCUT2D eigenvalue weighted by atomic mass is 10.00. The molecular weight excluding hydrogens is 180 g/mol. The van der Waals surface area contributed by atoms with Crippen LogP contribution in [0.15, 0.2) is 0 Å². The summed E-state index contributed by atoms with van der Waals surface area (Å²) in [6, 6.07) is 0. The van der Waals surface area contributed by atoms with Crippen LogP contribution in [-0.2, 0) is 9.53 Å². The molecule has 0 bridgehead atoms. The molecule has 0 aliphatic carbocycles. The summed E-state index contributed by atoms with van der Waals surface area (Å²) in [5.41, 5.74) is 0. The SMILES string of the molecule is O=C(NCC1CNC1)C1CCCOC1. The second kappa shape index (κ2) is 4.75. The molecule has 0 saturated carbocycles. The molecular formula is C10H18N2O2. The van der Waals surface area contributed by atoms with E-state index in [-0.39, 0.29) is 11.8 Å². The van der Waals surface area contributed by atoms with Crippen LogP contribution in [0.25, 0.3) is 0 Å². The molecule has 1 atom stereocenters. The number of rotatable bonds is 3. The van der Waals surface area contributed by atoms with E-state index in [1.54, 1.807) is 0 Å². The van der Waals surface area contributed by atoms with Gasteiger partial charge in [-0.2, -0.15) is 0 Å². The van der Waals surface area contributed by atoms with Crippen molar-refractivity contribution in [2.75, 3.05) is 32.8 Å². The van der Waals surface area contributed by atoms with Gasteiger partial charge in [-0.1, -0.05) is 0 Å². The maximum absolute atomic E-state index is 11.6. The van der Waals surface area contributed by atoms with Gasteiger partial charge in [-0.25, -0.2) is 0 Å². The Morgan fingerprint density at radius 1 is 1.50 bits per heavy atom. The number of ether oxygens (including phenoxy) is 1. The van der Waals surface area contributed by atoms with Crippen LogP contribution in [0.3, 0.4) is 0 Å². The van der Waals surface area contributed by atoms with Crippen molar-refractivity contribution in [2.24, 2.45) is 11.8 Å². The Hall–Kier alpha value is -0.610. The number of hydrogen-bond donors (Lipinski definition) is 2. The first-order valence-electron chi connectivity index (χ1n) is 5.42. The Bertz CT molecular complexity index is 198. The van der Waals surface area contributed by atoms with Crippen LogP contribution in [0.4, 0.5) is 0 Å². The first kappa shape index (κ1) is 9.93. The molecule has 2 aliphatic heterocycles. The largest absolute Gasteiger partial charge is 0.381 e. The van der Waals surface area contributed by atoms with E-state index in [0.717, 1.165) is 39.1 Å². The summed E-state index contributed by atoms with van der Waals surface area (Å²) in [6.45, 7) is 4.33. The highest BCUT2D eigenvalue weighted by molar-refractivity contribution is 5.78. The van der Waals surface area contributed by atoms with E-state index in [1.165, 1.54) is 0 Å². The van der Waals surface area contributed by atoms with Gasteiger partial charge in [-0.3, -0.25) is 4.79 Å². The highest BCUT2D eigenvalue weighted by Crippen LogP contribution is 2.13. The minimum atomic E-state index is 0.0942. The predicted octanol–water partition coefficient (Wildman–Crippen LogP) is -0.251. The number of nitrogens with one attached hydrogen (secondary N) is 2. The molecule has 2 fully saturated rings. The van der Waals surface area contributed by atoms with E-state index in [1.807, 2.05) is 0 Å². The molecule has 1 unspecified atom stereocenters. The molecule has 2 aliphatic rings. The second-order valence-electron chi connectivity index (χ2n) is 4.18. The van der Waals surface area contributed by atoms with Crippen molar-refractivity contribution in [2.45, 2.75) is 12.8 Å². The van der Waals surface area contributed by atoms with Crippen LogP contribution in [0.1, 0.15) is 12.8 Å². The summed E-state index contributed by atoms with van der Waals surface area (Å²) in [6.07, 6.45) is 2.00. The lowest BCUT2D eigenvalue weighted by Crippen LogP contribution is -2.49. The van der Waals surface area contributed by atoms with Gasteiger partial charge < -0.3 is 15.4 Å². The van der Waals surface area contributed by atoms with E-state index in [0.29, 0.717) is 12.5 Å². The monoisotopic (exact) mass is 198 g/mol. The van der Waals surface area contributed by atoms with Gasteiger partial charge in [0.2, 0.25) is 5.91 Å². The molecule has 80 valence electrons. The molecule has 0 aromatic heterocycles. The maximum atomic E-state index is 11.6. The summed E-state index contributed by atoms with van der Waals surface area (Å²) in [4.78, 5) is 11.6. The van der Waals surface area contributed by atoms with Crippen molar-refractivity contribution in [3.8, 4) is 0 Å². The van der Waals surface area contributed by atoms with Crippen molar-refractivity contribution < 1.29 is 9.53 Å². The summed E-state index contributed by atoms with van der Waals surface area (Å²) >= 11 is 0. The molecule has 2 N–H and O–H groups in total. The predicted molar refractivity (Wildman–Crippen MR) is 52.9 cm³/mol. The van der Waals surface area contributed by atoms with Gasteiger partial charge in [0.25, 0.3) is 0 Å². The molecule has 0 radical (unpaired) electrons. The fourth-order valence-electron chi connectivity index (χ4n) is 1.83. The van der Waals surface area contributed by atoms with Crippen LogP contribution >= 0.6 is 0 Å². The van der Waals surface area contributed by atoms with Gasteiger partial charge in [0.05, 0.1) is 12.5 Å². The normalized spacial score (nSPS) is 28.1. The van der Waals surface area contributed by atoms with Crippen LogP contribution in [0, 0.1) is 11.8 Å². The maximum Gasteiger partial charge on any atom is 0.225 e. The third kappa shape index (κ3) is 2.45. The zero-order chi connectivity index (χ0) is 9.80. The fraction of sp³-hybridized carbons (Fsp3) is 0.900. The van der Waals surface area contributed by atoms with Crippen LogP contribution < -0.4 is 10.6 Å². The van der Waals surface area contributed by atoms with Crippen molar-refractivity contribution in [3.63, 3.8) is 0 Å². The quantitative estimate of drug-likeness (QED) is 0.657. The van der Waals surface area contributed by atoms with E-state index < -0.39 is 0 Å². The Morgan fingerprint density at radius 3 is 2.93 bits per heavy atom. The van der Waals surface area contributed by atoms with Crippen LogP contribution in [0.5, 0.6) is 0 Å². The lowest BCUT2D eigenvalue weighted by Gasteiger charge is -2.28. The Labute approximate surface area is 84.4 Å². The molecule has 4 nitrogen and oxygen atoms in total. The van der Waals surface area contributed by atoms with Gasteiger partial charge in [0.15, 0.2) is 0 Å². The first-order valence-corrected chi connectivity index (χ1v) is 5.42. The molecule has 14 heavy (non-hydrogen) atoms. The molecule has 2 rings (SSSR count). The van der Waals surface area contributed by atoms with Crippen molar-refractivity contribution >= 4 is 5.91 Å². The number of carbonyl (C=O) groups excluding carboxylic acids is 1. The fourth-order valence-corrected chi connectivity index (χ4v) is 1.83. The summed E-state index contributed by atoms with van der Waals surface area (Å²) in [5, 5.41) is 6.18. The first-order chi connectivity index (χ1) is 6.86. The summed E-state index contributed by atoms with van der Waals surface area (Å²) < 4.78 is 5.28. The smallest absolute Gasteiger partial charge is 0.225 e. The zero-order valence-electron chi connectivity index (χ0n) is 8.42. The third-order valence-corrected chi connectivity index (χ3v) is 2.96.